The zero-order valence-corrected chi connectivity index (χ0v) is 14.6. The lowest BCUT2D eigenvalue weighted by Gasteiger charge is -2.26. The Bertz CT molecular complexity index is 993. The van der Waals surface area contributed by atoms with Crippen LogP contribution in [0.3, 0.4) is 0 Å². The number of rotatable bonds is 3. The average molecular weight is 343 g/mol. The Morgan fingerprint density at radius 1 is 1.12 bits per heavy atom. The highest BCUT2D eigenvalue weighted by Crippen LogP contribution is 2.17. The van der Waals surface area contributed by atoms with E-state index in [1.165, 1.54) is 11.1 Å². The van der Waals surface area contributed by atoms with Crippen molar-refractivity contribution >= 4 is 16.8 Å². The minimum absolute atomic E-state index is 0.0947. The number of aromatic amines is 1. The highest BCUT2D eigenvalue weighted by Gasteiger charge is 2.14. The molecule has 4 nitrogen and oxygen atoms in total. The van der Waals surface area contributed by atoms with Gasteiger partial charge in [-0.05, 0) is 41.1 Å². The fourth-order valence-corrected chi connectivity index (χ4v) is 3.33. The molecule has 0 atom stereocenters. The Kier molecular flexibility index (Phi) is 4.72. The molecule has 130 valence electrons. The number of aromatic nitrogens is 1. The van der Waals surface area contributed by atoms with Gasteiger partial charge in [0.25, 0.3) is 5.91 Å². The fraction of sp³-hybridized carbons (Fsp3) is 0.227. The Hall–Kier alpha value is -3.03. The zero-order valence-electron chi connectivity index (χ0n) is 14.6. The number of fused-ring (bicyclic) bond motifs is 2. The van der Waals surface area contributed by atoms with Gasteiger partial charge in [-0.15, -0.1) is 0 Å². The Balaban J connectivity index is 1.27. The minimum atomic E-state index is -0.0947. The molecule has 0 saturated carbocycles. The van der Waals surface area contributed by atoms with Crippen molar-refractivity contribution < 1.29 is 4.79 Å². The zero-order chi connectivity index (χ0) is 17.8. The summed E-state index contributed by atoms with van der Waals surface area (Å²) in [6.45, 7) is 3.09. The van der Waals surface area contributed by atoms with Crippen molar-refractivity contribution in [1.82, 2.24) is 15.2 Å². The third-order valence-corrected chi connectivity index (χ3v) is 4.79. The second-order valence-electron chi connectivity index (χ2n) is 6.55. The first-order valence-electron chi connectivity index (χ1n) is 8.90. The maximum atomic E-state index is 12.2. The predicted octanol–water partition coefficient (Wildman–Crippen LogP) is 2.96. The van der Waals surface area contributed by atoms with Gasteiger partial charge < -0.3 is 10.3 Å². The molecule has 1 amide bonds. The van der Waals surface area contributed by atoms with Crippen LogP contribution in [0, 0.1) is 11.8 Å². The molecule has 0 fully saturated rings. The molecular weight excluding hydrogens is 322 g/mol. The number of carbonyl (C=O) groups is 1. The number of benzene rings is 2. The molecule has 26 heavy (non-hydrogen) atoms. The van der Waals surface area contributed by atoms with E-state index in [0.717, 1.165) is 37.0 Å². The van der Waals surface area contributed by atoms with E-state index in [2.05, 4.69) is 51.3 Å². The molecule has 4 rings (SSSR count). The van der Waals surface area contributed by atoms with Crippen LogP contribution in [0.2, 0.25) is 0 Å². The molecule has 2 aromatic carbocycles. The molecule has 1 aromatic heterocycles. The van der Waals surface area contributed by atoms with E-state index < -0.39 is 0 Å². The maximum absolute atomic E-state index is 12.2. The summed E-state index contributed by atoms with van der Waals surface area (Å²) >= 11 is 0. The number of nitrogens with one attached hydrogen (secondary N) is 2. The second-order valence-corrected chi connectivity index (χ2v) is 6.55. The molecule has 0 spiro atoms. The van der Waals surface area contributed by atoms with Gasteiger partial charge in [-0.25, -0.2) is 0 Å². The third kappa shape index (κ3) is 3.63. The van der Waals surface area contributed by atoms with Crippen LogP contribution >= 0.6 is 0 Å². The molecular formula is C22H21N3O. The van der Waals surface area contributed by atoms with Crippen LogP contribution in [0.5, 0.6) is 0 Å². The van der Waals surface area contributed by atoms with Crippen molar-refractivity contribution in [2.45, 2.75) is 13.0 Å². The highest BCUT2D eigenvalue weighted by atomic mass is 16.1. The Morgan fingerprint density at radius 2 is 2.00 bits per heavy atom. The normalized spacial score (nSPS) is 13.7. The summed E-state index contributed by atoms with van der Waals surface area (Å²) < 4.78 is 0. The van der Waals surface area contributed by atoms with Crippen LogP contribution in [-0.4, -0.2) is 35.4 Å². The Morgan fingerprint density at radius 3 is 2.92 bits per heavy atom. The van der Waals surface area contributed by atoms with Crippen molar-refractivity contribution in [3.05, 3.63) is 71.4 Å². The summed E-state index contributed by atoms with van der Waals surface area (Å²) in [6, 6.07) is 16.2. The van der Waals surface area contributed by atoms with Crippen LogP contribution in [0.15, 0.2) is 54.7 Å². The molecule has 0 aliphatic carbocycles. The van der Waals surface area contributed by atoms with E-state index in [0.29, 0.717) is 12.1 Å². The summed E-state index contributed by atoms with van der Waals surface area (Å²) in [5.41, 5.74) is 4.46. The van der Waals surface area contributed by atoms with Crippen molar-refractivity contribution in [2.24, 2.45) is 0 Å². The van der Waals surface area contributed by atoms with Gasteiger partial charge in [0.15, 0.2) is 0 Å². The topological polar surface area (TPSA) is 48.1 Å². The lowest BCUT2D eigenvalue weighted by Crippen LogP contribution is -2.31. The lowest BCUT2D eigenvalue weighted by atomic mass is 10.0. The number of H-pyrrole nitrogens is 1. The van der Waals surface area contributed by atoms with Gasteiger partial charge in [0.2, 0.25) is 0 Å². The van der Waals surface area contributed by atoms with E-state index in [1.807, 2.05) is 30.5 Å². The van der Waals surface area contributed by atoms with Crippen LogP contribution in [-0.2, 0) is 13.0 Å². The molecule has 1 aliphatic rings. The van der Waals surface area contributed by atoms with Gasteiger partial charge in [-0.1, -0.05) is 42.2 Å². The number of carbonyl (C=O) groups excluding carboxylic acids is 1. The summed E-state index contributed by atoms with van der Waals surface area (Å²) in [7, 11) is 0. The second kappa shape index (κ2) is 7.47. The van der Waals surface area contributed by atoms with E-state index in [9.17, 15) is 4.79 Å². The third-order valence-electron chi connectivity index (χ3n) is 4.79. The standard InChI is InChI=1S/C22H21N3O/c26-22(19-8-7-18-9-12-23-21(18)15-19)24-11-3-4-13-25-14-10-17-5-1-2-6-20(17)16-25/h1-2,5-9,12,15,23H,10-11,13-14,16H2,(H,24,26). The first kappa shape index (κ1) is 16.4. The van der Waals surface area contributed by atoms with Crippen molar-refractivity contribution in [3.63, 3.8) is 0 Å². The van der Waals surface area contributed by atoms with Gasteiger partial charge in [-0.2, -0.15) is 0 Å². The fourth-order valence-electron chi connectivity index (χ4n) is 3.33. The number of hydrogen-bond acceptors (Lipinski definition) is 2. The molecule has 0 saturated heterocycles. The van der Waals surface area contributed by atoms with Crippen molar-refractivity contribution in [3.8, 4) is 11.8 Å². The van der Waals surface area contributed by atoms with Crippen LogP contribution in [0.25, 0.3) is 10.9 Å². The quantitative estimate of drug-likeness (QED) is 0.719. The van der Waals surface area contributed by atoms with E-state index >= 15 is 0 Å². The number of nitrogens with zero attached hydrogens (tertiary/aromatic N) is 1. The molecule has 2 heterocycles. The monoisotopic (exact) mass is 343 g/mol. The summed E-state index contributed by atoms with van der Waals surface area (Å²) in [4.78, 5) is 17.7. The van der Waals surface area contributed by atoms with E-state index in [1.54, 1.807) is 0 Å². The summed E-state index contributed by atoms with van der Waals surface area (Å²) in [5.74, 6) is 6.14. The maximum Gasteiger partial charge on any atom is 0.252 e. The van der Waals surface area contributed by atoms with Gasteiger partial charge in [0.1, 0.15) is 0 Å². The molecule has 3 aromatic rings. The van der Waals surface area contributed by atoms with E-state index in [4.69, 9.17) is 0 Å². The molecule has 0 radical (unpaired) electrons. The number of amides is 1. The SMILES string of the molecule is O=C(NCC#CCN1CCc2ccccc2C1)c1ccc2cc[nH]c2c1. The van der Waals surface area contributed by atoms with Crippen LogP contribution in [0.4, 0.5) is 0 Å². The van der Waals surface area contributed by atoms with Crippen molar-refractivity contribution in [2.75, 3.05) is 19.6 Å². The molecule has 0 bridgehead atoms. The van der Waals surface area contributed by atoms with Gasteiger partial charge in [-0.3, -0.25) is 9.69 Å². The highest BCUT2D eigenvalue weighted by molar-refractivity contribution is 5.97. The summed E-state index contributed by atoms with van der Waals surface area (Å²) in [5, 5.41) is 3.97. The average Bonchev–Trinajstić information content (AvgIpc) is 3.15. The summed E-state index contributed by atoms with van der Waals surface area (Å²) in [6.07, 6.45) is 2.95. The molecule has 4 heteroatoms. The first-order valence-corrected chi connectivity index (χ1v) is 8.90. The molecule has 0 unspecified atom stereocenters. The lowest BCUT2D eigenvalue weighted by molar-refractivity contribution is 0.0959. The van der Waals surface area contributed by atoms with Gasteiger partial charge in [0, 0.05) is 30.4 Å². The van der Waals surface area contributed by atoms with Crippen LogP contribution in [0.1, 0.15) is 21.5 Å². The van der Waals surface area contributed by atoms with E-state index in [-0.39, 0.29) is 5.91 Å². The Labute approximate surface area is 153 Å². The van der Waals surface area contributed by atoms with Crippen molar-refractivity contribution in [1.29, 1.82) is 0 Å². The molecule has 2 N–H and O–H groups in total. The van der Waals surface area contributed by atoms with Gasteiger partial charge in [0.05, 0.1) is 13.1 Å². The predicted molar refractivity (Wildman–Crippen MR) is 104 cm³/mol. The minimum Gasteiger partial charge on any atom is -0.361 e. The van der Waals surface area contributed by atoms with Gasteiger partial charge >= 0.3 is 0 Å². The smallest absolute Gasteiger partial charge is 0.252 e. The van der Waals surface area contributed by atoms with Crippen LogP contribution < -0.4 is 5.32 Å². The molecule has 1 aliphatic heterocycles. The number of hydrogen-bond donors (Lipinski definition) is 2. The largest absolute Gasteiger partial charge is 0.361 e. The first-order chi connectivity index (χ1) is 12.8.